The van der Waals surface area contributed by atoms with Gasteiger partial charge >= 0.3 is 0 Å². The molecule has 0 fully saturated rings. The van der Waals surface area contributed by atoms with Crippen LogP contribution < -0.4 is 0 Å². The first-order valence-electron chi connectivity index (χ1n) is 2.62. The minimum atomic E-state index is 0.282. The highest BCUT2D eigenvalue weighted by molar-refractivity contribution is 7.09. The molecule has 44 valence electrons. The molecule has 0 bridgehead atoms. The van der Waals surface area contributed by atoms with Crippen LogP contribution in [0.2, 0.25) is 0 Å². The first-order valence-corrected chi connectivity index (χ1v) is 3.09. The summed E-state index contributed by atoms with van der Waals surface area (Å²) in [7, 11) is 2.26. The number of allylic oxidation sites excluding steroid dienone is 2. The standard InChI is InChI=1S/C6H9OP/c8-7-6-4-2-1-3-5-6/h1-4,6H,5,8H2. The summed E-state index contributed by atoms with van der Waals surface area (Å²) < 4.78 is 4.97. The third-order valence-corrected chi connectivity index (χ3v) is 1.47. The average Bonchev–Trinajstić information content (AvgIpc) is 1.90. The van der Waals surface area contributed by atoms with Gasteiger partial charge < -0.3 is 4.52 Å². The smallest absolute Gasteiger partial charge is 0.0829 e. The zero-order valence-corrected chi connectivity index (χ0v) is 5.73. The highest BCUT2D eigenvalue weighted by atomic mass is 31.0. The van der Waals surface area contributed by atoms with Crippen LogP contribution in [0.25, 0.3) is 0 Å². The first kappa shape index (κ1) is 6.00. The van der Waals surface area contributed by atoms with Crippen molar-refractivity contribution in [2.75, 3.05) is 0 Å². The lowest BCUT2D eigenvalue weighted by Crippen LogP contribution is -2.02. The van der Waals surface area contributed by atoms with Gasteiger partial charge in [0.05, 0.1) is 6.10 Å². The van der Waals surface area contributed by atoms with Crippen molar-refractivity contribution in [2.24, 2.45) is 0 Å². The fraction of sp³-hybridized carbons (Fsp3) is 0.333. The van der Waals surface area contributed by atoms with Crippen LogP contribution in [-0.2, 0) is 4.52 Å². The molecule has 0 saturated carbocycles. The topological polar surface area (TPSA) is 9.23 Å². The van der Waals surface area contributed by atoms with Crippen molar-refractivity contribution in [2.45, 2.75) is 12.5 Å². The van der Waals surface area contributed by atoms with Crippen molar-refractivity contribution >= 4 is 9.47 Å². The Bertz CT molecular complexity index is 118. The fourth-order valence-corrected chi connectivity index (χ4v) is 0.861. The Morgan fingerprint density at radius 2 is 2.38 bits per heavy atom. The van der Waals surface area contributed by atoms with Crippen molar-refractivity contribution in [1.29, 1.82) is 0 Å². The fourth-order valence-electron chi connectivity index (χ4n) is 0.659. The van der Waals surface area contributed by atoms with E-state index in [9.17, 15) is 0 Å². The van der Waals surface area contributed by atoms with Gasteiger partial charge in [0.2, 0.25) is 0 Å². The average molecular weight is 128 g/mol. The van der Waals surface area contributed by atoms with E-state index >= 15 is 0 Å². The molecule has 0 aliphatic heterocycles. The second-order valence-electron chi connectivity index (χ2n) is 1.72. The van der Waals surface area contributed by atoms with E-state index in [1.165, 1.54) is 0 Å². The maximum Gasteiger partial charge on any atom is 0.0829 e. The van der Waals surface area contributed by atoms with Crippen LogP contribution >= 0.6 is 9.47 Å². The van der Waals surface area contributed by atoms with E-state index in [0.717, 1.165) is 6.42 Å². The third-order valence-electron chi connectivity index (χ3n) is 1.12. The predicted molar refractivity (Wildman–Crippen MR) is 37.5 cm³/mol. The van der Waals surface area contributed by atoms with Gasteiger partial charge in [0.25, 0.3) is 0 Å². The summed E-state index contributed by atoms with van der Waals surface area (Å²) in [5.41, 5.74) is 0. The second kappa shape index (κ2) is 3.01. The highest BCUT2D eigenvalue weighted by Crippen LogP contribution is 2.09. The van der Waals surface area contributed by atoms with Crippen LogP contribution in [0.3, 0.4) is 0 Å². The molecule has 0 aromatic heterocycles. The molecule has 0 amide bonds. The normalized spacial score (nSPS) is 26.4. The maximum atomic E-state index is 4.97. The van der Waals surface area contributed by atoms with Crippen molar-refractivity contribution in [1.82, 2.24) is 0 Å². The monoisotopic (exact) mass is 128 g/mol. The Hall–Kier alpha value is -0.130. The largest absolute Gasteiger partial charge is 0.358 e. The van der Waals surface area contributed by atoms with E-state index in [-0.39, 0.29) is 6.10 Å². The zero-order valence-electron chi connectivity index (χ0n) is 4.58. The molecule has 1 aliphatic rings. The third kappa shape index (κ3) is 1.43. The molecule has 1 rings (SSSR count). The number of rotatable bonds is 1. The van der Waals surface area contributed by atoms with Gasteiger partial charge in [0.15, 0.2) is 0 Å². The summed E-state index contributed by atoms with van der Waals surface area (Å²) in [5.74, 6) is 0. The lowest BCUT2D eigenvalue weighted by molar-refractivity contribution is 0.297. The summed E-state index contributed by atoms with van der Waals surface area (Å²) >= 11 is 0. The molecule has 0 aromatic rings. The molecule has 8 heavy (non-hydrogen) atoms. The molecule has 0 radical (unpaired) electrons. The quantitative estimate of drug-likeness (QED) is 0.488. The molecule has 2 heteroatoms. The van der Waals surface area contributed by atoms with Crippen LogP contribution in [0.5, 0.6) is 0 Å². The van der Waals surface area contributed by atoms with Crippen molar-refractivity contribution < 1.29 is 4.52 Å². The summed E-state index contributed by atoms with van der Waals surface area (Å²) in [6, 6.07) is 0. The summed E-state index contributed by atoms with van der Waals surface area (Å²) in [6.07, 6.45) is 9.44. The van der Waals surface area contributed by atoms with Crippen molar-refractivity contribution in [3.05, 3.63) is 24.3 Å². The Balaban J connectivity index is 2.40. The van der Waals surface area contributed by atoms with Crippen LogP contribution in [0.15, 0.2) is 24.3 Å². The first-order chi connectivity index (χ1) is 3.93. The van der Waals surface area contributed by atoms with E-state index in [4.69, 9.17) is 4.52 Å². The predicted octanol–water partition coefficient (Wildman–Crippen LogP) is 1.68. The van der Waals surface area contributed by atoms with Gasteiger partial charge in [-0.1, -0.05) is 24.3 Å². The lowest BCUT2D eigenvalue weighted by atomic mass is 10.1. The molecule has 0 N–H and O–H groups in total. The molecule has 2 atom stereocenters. The molecule has 1 aliphatic carbocycles. The van der Waals surface area contributed by atoms with Crippen molar-refractivity contribution in [3.63, 3.8) is 0 Å². The lowest BCUT2D eigenvalue weighted by Gasteiger charge is -2.08. The van der Waals surface area contributed by atoms with Gasteiger partial charge in [0.1, 0.15) is 0 Å². The van der Waals surface area contributed by atoms with Gasteiger partial charge in [-0.2, -0.15) is 0 Å². The summed E-state index contributed by atoms with van der Waals surface area (Å²) in [4.78, 5) is 0. The zero-order chi connectivity index (χ0) is 5.82. The van der Waals surface area contributed by atoms with Gasteiger partial charge in [-0.25, -0.2) is 0 Å². The minimum absolute atomic E-state index is 0.282. The van der Waals surface area contributed by atoms with E-state index in [2.05, 4.69) is 15.5 Å². The molecule has 2 unspecified atom stereocenters. The molecular formula is C6H9OP. The van der Waals surface area contributed by atoms with Gasteiger partial charge in [-0.15, -0.1) is 0 Å². The molecule has 0 heterocycles. The van der Waals surface area contributed by atoms with Crippen LogP contribution in [-0.4, -0.2) is 6.10 Å². The molecular weight excluding hydrogens is 119 g/mol. The SMILES string of the molecule is POC1C=CC=CC1. The molecule has 0 saturated heterocycles. The molecule has 0 spiro atoms. The highest BCUT2D eigenvalue weighted by Gasteiger charge is 1.99. The van der Waals surface area contributed by atoms with Gasteiger partial charge in [-0.3, -0.25) is 0 Å². The van der Waals surface area contributed by atoms with E-state index in [0.29, 0.717) is 0 Å². The number of hydrogen-bond acceptors (Lipinski definition) is 1. The Morgan fingerprint density at radius 1 is 1.50 bits per heavy atom. The summed E-state index contributed by atoms with van der Waals surface area (Å²) in [6.45, 7) is 0. The van der Waals surface area contributed by atoms with Gasteiger partial charge in [-0.05, 0) is 6.42 Å². The maximum absolute atomic E-state index is 4.97. The Labute approximate surface area is 51.7 Å². The van der Waals surface area contributed by atoms with Crippen LogP contribution in [0.4, 0.5) is 0 Å². The summed E-state index contributed by atoms with van der Waals surface area (Å²) in [5, 5.41) is 0. The van der Waals surface area contributed by atoms with E-state index < -0.39 is 0 Å². The molecule has 1 nitrogen and oxygen atoms in total. The van der Waals surface area contributed by atoms with E-state index in [1.807, 2.05) is 18.2 Å². The van der Waals surface area contributed by atoms with Crippen LogP contribution in [0.1, 0.15) is 6.42 Å². The Kier molecular flexibility index (Phi) is 2.26. The van der Waals surface area contributed by atoms with E-state index in [1.54, 1.807) is 0 Å². The minimum Gasteiger partial charge on any atom is -0.358 e. The molecule has 0 aromatic carbocycles. The van der Waals surface area contributed by atoms with Crippen LogP contribution in [0, 0.1) is 0 Å². The van der Waals surface area contributed by atoms with Gasteiger partial charge in [0, 0.05) is 9.47 Å². The Morgan fingerprint density at radius 3 is 2.75 bits per heavy atom. The van der Waals surface area contributed by atoms with Crippen molar-refractivity contribution in [3.8, 4) is 0 Å². The number of hydrogen-bond donors (Lipinski definition) is 0. The second-order valence-corrected chi connectivity index (χ2v) is 2.00.